The summed E-state index contributed by atoms with van der Waals surface area (Å²) in [6.45, 7) is 0. The molecule has 7 nitrogen and oxygen atoms in total. The monoisotopic (exact) mass is 307 g/mol. The predicted molar refractivity (Wildman–Crippen MR) is 67.4 cm³/mol. The molecule has 0 atom stereocenters. The van der Waals surface area contributed by atoms with Crippen LogP contribution in [0.15, 0.2) is 11.2 Å². The van der Waals surface area contributed by atoms with Gasteiger partial charge in [-0.05, 0) is 19.3 Å². The molecule has 1 aromatic rings. The highest BCUT2D eigenvalue weighted by molar-refractivity contribution is 7.89. The normalized spacial score (nSPS) is 18.0. The number of nitrogens with zero attached hydrogens (tertiary/aromatic N) is 2. The number of carboxylic acids is 1. The van der Waals surface area contributed by atoms with Crippen LogP contribution in [0.5, 0.6) is 0 Å². The van der Waals surface area contributed by atoms with Crippen LogP contribution in [0.3, 0.4) is 0 Å². The van der Waals surface area contributed by atoms with E-state index in [1.165, 1.54) is 13.2 Å². The van der Waals surface area contributed by atoms with E-state index in [-0.39, 0.29) is 16.5 Å². The Labute approximate surface area is 115 Å². The van der Waals surface area contributed by atoms with Crippen LogP contribution in [0.2, 0.25) is 5.02 Å². The average molecular weight is 308 g/mol. The number of sulfonamides is 1. The summed E-state index contributed by atoms with van der Waals surface area (Å²) in [6.07, 6.45) is 2.82. The lowest BCUT2D eigenvalue weighted by Crippen LogP contribution is -2.54. The molecule has 0 aromatic carbocycles. The fraction of sp³-hybridized carbons (Fsp3) is 0.600. The summed E-state index contributed by atoms with van der Waals surface area (Å²) in [7, 11) is -2.42. The zero-order valence-electron chi connectivity index (χ0n) is 10.3. The van der Waals surface area contributed by atoms with E-state index >= 15 is 0 Å². The molecule has 0 radical (unpaired) electrons. The highest BCUT2D eigenvalue weighted by Crippen LogP contribution is 2.36. The van der Waals surface area contributed by atoms with Gasteiger partial charge in [-0.25, -0.2) is 13.1 Å². The molecule has 1 aliphatic rings. The van der Waals surface area contributed by atoms with Crippen LogP contribution in [0.25, 0.3) is 0 Å². The van der Waals surface area contributed by atoms with Gasteiger partial charge in [0, 0.05) is 12.6 Å². The molecule has 19 heavy (non-hydrogen) atoms. The first kappa shape index (κ1) is 14.3. The third-order valence-corrected chi connectivity index (χ3v) is 5.33. The highest BCUT2D eigenvalue weighted by Gasteiger charge is 2.43. The summed E-state index contributed by atoms with van der Waals surface area (Å²) >= 11 is 5.81. The summed E-state index contributed by atoms with van der Waals surface area (Å²) in [5, 5.41) is 12.5. The quantitative estimate of drug-likeness (QED) is 0.836. The van der Waals surface area contributed by atoms with Crippen molar-refractivity contribution >= 4 is 27.6 Å². The minimum absolute atomic E-state index is 0.0137. The average Bonchev–Trinajstić information content (AvgIpc) is 2.54. The van der Waals surface area contributed by atoms with Gasteiger partial charge >= 0.3 is 5.97 Å². The number of hydrogen-bond acceptors (Lipinski definition) is 4. The molecule has 0 amide bonds. The first-order chi connectivity index (χ1) is 8.76. The third kappa shape index (κ3) is 2.75. The van der Waals surface area contributed by atoms with E-state index in [1.54, 1.807) is 0 Å². The SMILES string of the molecule is Cn1ncc(Cl)c1S(=O)(=O)NC1(CC(=O)O)CCC1. The Hall–Kier alpha value is -1.12. The largest absolute Gasteiger partial charge is 0.481 e. The number of halogens is 1. The van der Waals surface area contributed by atoms with Gasteiger partial charge in [-0.15, -0.1) is 0 Å². The van der Waals surface area contributed by atoms with Gasteiger partial charge in [0.05, 0.1) is 17.6 Å². The molecule has 1 aromatic heterocycles. The smallest absolute Gasteiger partial charge is 0.305 e. The molecule has 9 heteroatoms. The lowest BCUT2D eigenvalue weighted by atomic mass is 9.75. The first-order valence-electron chi connectivity index (χ1n) is 5.69. The Morgan fingerprint density at radius 3 is 2.63 bits per heavy atom. The number of carbonyl (C=O) groups is 1. The lowest BCUT2D eigenvalue weighted by Gasteiger charge is -2.40. The van der Waals surface area contributed by atoms with E-state index < -0.39 is 21.5 Å². The molecule has 106 valence electrons. The Bertz CT molecular complexity index is 587. The topological polar surface area (TPSA) is 101 Å². The molecule has 1 fully saturated rings. The van der Waals surface area contributed by atoms with Gasteiger partial charge in [0.25, 0.3) is 10.0 Å². The van der Waals surface area contributed by atoms with Crippen molar-refractivity contribution in [3.05, 3.63) is 11.2 Å². The molecular formula is C10H14ClN3O4S. The summed E-state index contributed by atoms with van der Waals surface area (Å²) < 4.78 is 28.2. The van der Waals surface area contributed by atoms with Gasteiger partial charge in [0.15, 0.2) is 5.03 Å². The second kappa shape index (κ2) is 4.77. The molecule has 2 rings (SSSR count). The van der Waals surface area contributed by atoms with E-state index in [9.17, 15) is 13.2 Å². The second-order valence-electron chi connectivity index (χ2n) is 4.73. The van der Waals surface area contributed by atoms with Crippen molar-refractivity contribution in [2.24, 2.45) is 7.05 Å². The Kier molecular flexibility index (Phi) is 3.59. The molecule has 1 aliphatic carbocycles. The fourth-order valence-electron chi connectivity index (χ4n) is 2.24. The zero-order chi connectivity index (χ0) is 14.3. The first-order valence-corrected chi connectivity index (χ1v) is 7.55. The molecule has 1 heterocycles. The molecule has 1 saturated carbocycles. The molecule has 0 saturated heterocycles. The van der Waals surface area contributed by atoms with Crippen molar-refractivity contribution in [3.8, 4) is 0 Å². The van der Waals surface area contributed by atoms with Crippen molar-refractivity contribution in [3.63, 3.8) is 0 Å². The van der Waals surface area contributed by atoms with Crippen molar-refractivity contribution in [2.45, 2.75) is 36.2 Å². The maximum absolute atomic E-state index is 12.3. The Morgan fingerprint density at radius 2 is 2.26 bits per heavy atom. The highest BCUT2D eigenvalue weighted by atomic mass is 35.5. The van der Waals surface area contributed by atoms with E-state index in [4.69, 9.17) is 16.7 Å². The van der Waals surface area contributed by atoms with Gasteiger partial charge in [-0.2, -0.15) is 5.10 Å². The minimum Gasteiger partial charge on any atom is -0.481 e. The van der Waals surface area contributed by atoms with Crippen LogP contribution in [-0.2, 0) is 21.9 Å². The van der Waals surface area contributed by atoms with Crippen molar-refractivity contribution in [1.82, 2.24) is 14.5 Å². The number of aryl methyl sites for hydroxylation is 1. The van der Waals surface area contributed by atoms with Gasteiger partial charge in [0.1, 0.15) is 0 Å². The number of hydrogen-bond donors (Lipinski definition) is 2. The third-order valence-electron chi connectivity index (χ3n) is 3.25. The van der Waals surface area contributed by atoms with Crippen LogP contribution < -0.4 is 4.72 Å². The Morgan fingerprint density at radius 1 is 1.63 bits per heavy atom. The second-order valence-corrected chi connectivity index (χ2v) is 6.74. The van der Waals surface area contributed by atoms with Crippen molar-refractivity contribution in [1.29, 1.82) is 0 Å². The van der Waals surface area contributed by atoms with Crippen LogP contribution in [-0.4, -0.2) is 34.8 Å². The predicted octanol–water partition coefficient (Wildman–Crippen LogP) is 0.749. The van der Waals surface area contributed by atoms with Crippen LogP contribution in [0.4, 0.5) is 0 Å². The molecule has 0 spiro atoms. The van der Waals surface area contributed by atoms with E-state index in [0.29, 0.717) is 12.8 Å². The number of aromatic nitrogens is 2. The van der Waals surface area contributed by atoms with Crippen molar-refractivity contribution < 1.29 is 18.3 Å². The maximum Gasteiger partial charge on any atom is 0.305 e. The van der Waals surface area contributed by atoms with Crippen LogP contribution >= 0.6 is 11.6 Å². The number of rotatable bonds is 5. The number of carboxylic acid groups (broad SMARTS) is 1. The van der Waals surface area contributed by atoms with Crippen LogP contribution in [0.1, 0.15) is 25.7 Å². The number of nitrogens with one attached hydrogen (secondary N) is 1. The molecule has 2 N–H and O–H groups in total. The minimum atomic E-state index is -3.89. The van der Waals surface area contributed by atoms with Crippen molar-refractivity contribution in [2.75, 3.05) is 0 Å². The number of aliphatic carboxylic acids is 1. The summed E-state index contributed by atoms with van der Waals surface area (Å²) in [4.78, 5) is 10.8. The molecule has 0 unspecified atom stereocenters. The van der Waals surface area contributed by atoms with Gasteiger partial charge in [0.2, 0.25) is 0 Å². The van der Waals surface area contributed by atoms with E-state index in [1.807, 2.05) is 0 Å². The van der Waals surface area contributed by atoms with Gasteiger partial charge in [-0.3, -0.25) is 9.48 Å². The van der Waals surface area contributed by atoms with E-state index in [2.05, 4.69) is 9.82 Å². The zero-order valence-corrected chi connectivity index (χ0v) is 11.8. The molecule has 0 bridgehead atoms. The van der Waals surface area contributed by atoms with Gasteiger partial charge < -0.3 is 5.11 Å². The molecule has 0 aliphatic heterocycles. The Balaban J connectivity index is 2.29. The summed E-state index contributed by atoms with van der Waals surface area (Å²) in [5.41, 5.74) is -0.904. The van der Waals surface area contributed by atoms with E-state index in [0.717, 1.165) is 11.1 Å². The van der Waals surface area contributed by atoms with Gasteiger partial charge in [-0.1, -0.05) is 11.6 Å². The molecular weight excluding hydrogens is 294 g/mol. The fourth-order valence-corrected chi connectivity index (χ4v) is 4.36. The summed E-state index contributed by atoms with van der Waals surface area (Å²) in [5.74, 6) is -1.03. The summed E-state index contributed by atoms with van der Waals surface area (Å²) in [6, 6.07) is 0. The van der Waals surface area contributed by atoms with Crippen LogP contribution in [0, 0.1) is 0 Å². The lowest BCUT2D eigenvalue weighted by molar-refractivity contribution is -0.139. The standard InChI is InChI=1S/C10H14ClN3O4S/c1-14-9(7(11)6-12-14)19(17,18)13-10(3-2-4-10)5-8(15)16/h6,13H,2-5H2,1H3,(H,15,16). The maximum atomic E-state index is 12.3.